The number of benzene rings is 2. The minimum Gasteiger partial charge on any atom is -0.493 e. The first-order chi connectivity index (χ1) is 11.4. The van der Waals surface area contributed by atoms with Crippen LogP contribution in [-0.2, 0) is 0 Å². The molecule has 124 valence electrons. The van der Waals surface area contributed by atoms with E-state index in [9.17, 15) is 14.9 Å². The van der Waals surface area contributed by atoms with E-state index in [0.29, 0.717) is 15.6 Å². The van der Waals surface area contributed by atoms with Gasteiger partial charge in [0.05, 0.1) is 22.1 Å². The van der Waals surface area contributed by atoms with Gasteiger partial charge in [0.25, 0.3) is 0 Å². The Bertz CT molecular complexity index is 817. The van der Waals surface area contributed by atoms with Crippen LogP contribution in [0.2, 0.25) is 0 Å². The molecule has 2 aromatic carbocycles. The maximum absolute atomic E-state index is 12.3. The van der Waals surface area contributed by atoms with Gasteiger partial charge in [0.1, 0.15) is 0 Å². The number of nitrogens with zero attached hydrogens (tertiary/aromatic N) is 1. The Morgan fingerprint density at radius 2 is 2.04 bits per heavy atom. The fraction of sp³-hybridized carbons (Fsp3) is 0.118. The van der Waals surface area contributed by atoms with Crippen molar-refractivity contribution in [2.45, 2.75) is 6.92 Å². The Balaban J connectivity index is 2.33. The standard InChI is InChI=1S/C17H14BrNO5/c1-11-4-3-5-13(8-11)17(20)24-16-14(18)9-12(6-7-19(21)22)10-15(16)23-2/h3-10H,1-2H3. The van der Waals surface area contributed by atoms with Crippen molar-refractivity contribution < 1.29 is 19.2 Å². The third-order valence-electron chi connectivity index (χ3n) is 3.09. The van der Waals surface area contributed by atoms with Gasteiger partial charge in [-0.3, -0.25) is 10.1 Å². The second kappa shape index (κ2) is 7.74. The fourth-order valence-corrected chi connectivity index (χ4v) is 2.55. The van der Waals surface area contributed by atoms with Gasteiger partial charge < -0.3 is 9.47 Å². The highest BCUT2D eigenvalue weighted by molar-refractivity contribution is 9.10. The number of carbonyl (C=O) groups is 1. The van der Waals surface area contributed by atoms with E-state index in [1.165, 1.54) is 13.2 Å². The zero-order valence-corrected chi connectivity index (χ0v) is 14.6. The number of hydrogen-bond acceptors (Lipinski definition) is 5. The molecule has 2 rings (SSSR count). The maximum Gasteiger partial charge on any atom is 0.343 e. The summed E-state index contributed by atoms with van der Waals surface area (Å²) >= 11 is 3.30. The zero-order valence-electron chi connectivity index (χ0n) is 13.0. The van der Waals surface area contributed by atoms with Crippen molar-refractivity contribution >= 4 is 28.0 Å². The molecule has 0 atom stereocenters. The molecule has 0 saturated carbocycles. The molecule has 0 aliphatic carbocycles. The summed E-state index contributed by atoms with van der Waals surface area (Å²) in [6.07, 6.45) is 2.14. The van der Waals surface area contributed by atoms with Crippen molar-refractivity contribution in [3.63, 3.8) is 0 Å². The van der Waals surface area contributed by atoms with Crippen LogP contribution in [0.1, 0.15) is 21.5 Å². The third kappa shape index (κ3) is 4.42. The first kappa shape index (κ1) is 17.7. The Kier molecular flexibility index (Phi) is 5.70. The summed E-state index contributed by atoms with van der Waals surface area (Å²) in [5, 5.41) is 10.4. The number of rotatable bonds is 5. The van der Waals surface area contributed by atoms with E-state index in [1.54, 1.807) is 30.3 Å². The van der Waals surface area contributed by atoms with Crippen molar-refractivity contribution in [2.75, 3.05) is 7.11 Å². The van der Waals surface area contributed by atoms with Gasteiger partial charge >= 0.3 is 5.97 Å². The highest BCUT2D eigenvalue weighted by Crippen LogP contribution is 2.37. The zero-order chi connectivity index (χ0) is 17.7. The summed E-state index contributed by atoms with van der Waals surface area (Å²) in [6.45, 7) is 1.88. The minimum absolute atomic E-state index is 0.210. The van der Waals surface area contributed by atoms with Gasteiger partial charge in [0, 0.05) is 6.08 Å². The average Bonchev–Trinajstić information content (AvgIpc) is 2.54. The van der Waals surface area contributed by atoms with E-state index in [4.69, 9.17) is 9.47 Å². The molecule has 0 N–H and O–H groups in total. The van der Waals surface area contributed by atoms with Crippen LogP contribution >= 0.6 is 15.9 Å². The van der Waals surface area contributed by atoms with Gasteiger partial charge in [-0.15, -0.1) is 0 Å². The Hall–Kier alpha value is -2.67. The molecule has 2 aromatic rings. The van der Waals surface area contributed by atoms with Gasteiger partial charge in [-0.2, -0.15) is 0 Å². The third-order valence-corrected chi connectivity index (χ3v) is 3.68. The molecule has 0 unspecified atom stereocenters. The summed E-state index contributed by atoms with van der Waals surface area (Å²) in [5.74, 6) is -0.0260. The van der Waals surface area contributed by atoms with Crippen LogP contribution in [0, 0.1) is 17.0 Å². The predicted octanol–water partition coefficient (Wildman–Crippen LogP) is 4.23. The number of halogens is 1. The second-order valence-electron chi connectivity index (χ2n) is 4.89. The van der Waals surface area contributed by atoms with Gasteiger partial charge in [-0.1, -0.05) is 17.7 Å². The van der Waals surface area contributed by atoms with Crippen LogP contribution in [0.3, 0.4) is 0 Å². The lowest BCUT2D eigenvalue weighted by Crippen LogP contribution is -2.10. The molecule has 0 amide bonds. The summed E-state index contributed by atoms with van der Waals surface area (Å²) in [4.78, 5) is 22.1. The molecule has 0 aromatic heterocycles. The van der Waals surface area contributed by atoms with E-state index < -0.39 is 10.9 Å². The van der Waals surface area contributed by atoms with Crippen molar-refractivity contribution in [1.82, 2.24) is 0 Å². The van der Waals surface area contributed by atoms with Gasteiger partial charge in [0.15, 0.2) is 11.5 Å². The molecule has 24 heavy (non-hydrogen) atoms. The molecule has 0 aliphatic heterocycles. The van der Waals surface area contributed by atoms with E-state index in [-0.39, 0.29) is 11.5 Å². The number of aryl methyl sites for hydroxylation is 1. The second-order valence-corrected chi connectivity index (χ2v) is 5.75. The van der Waals surface area contributed by atoms with E-state index in [0.717, 1.165) is 11.8 Å². The van der Waals surface area contributed by atoms with E-state index >= 15 is 0 Å². The highest BCUT2D eigenvalue weighted by Gasteiger charge is 2.16. The molecular formula is C17H14BrNO5. The lowest BCUT2D eigenvalue weighted by molar-refractivity contribution is -0.400. The number of carbonyl (C=O) groups excluding carboxylic acids is 1. The van der Waals surface area contributed by atoms with Crippen molar-refractivity contribution in [3.8, 4) is 11.5 Å². The summed E-state index contributed by atoms with van der Waals surface area (Å²) in [7, 11) is 1.42. The summed E-state index contributed by atoms with van der Waals surface area (Å²) in [5.41, 5.74) is 1.89. The quantitative estimate of drug-likeness (QED) is 0.329. The van der Waals surface area contributed by atoms with Crippen LogP contribution in [0.4, 0.5) is 0 Å². The van der Waals surface area contributed by atoms with Crippen LogP contribution in [-0.4, -0.2) is 18.0 Å². The molecule has 0 bridgehead atoms. The molecule has 0 aliphatic rings. The van der Waals surface area contributed by atoms with Gasteiger partial charge in [0.2, 0.25) is 6.20 Å². The molecule has 7 heteroatoms. The maximum atomic E-state index is 12.3. The normalized spacial score (nSPS) is 10.6. The van der Waals surface area contributed by atoms with E-state index in [2.05, 4.69) is 15.9 Å². The largest absolute Gasteiger partial charge is 0.493 e. The molecular weight excluding hydrogens is 378 g/mol. The van der Waals surface area contributed by atoms with Crippen LogP contribution in [0.25, 0.3) is 6.08 Å². The SMILES string of the molecule is COc1cc(C=C[N+](=O)[O-])cc(Br)c1OC(=O)c1cccc(C)c1. The Morgan fingerprint density at radius 1 is 1.29 bits per heavy atom. The molecule has 0 fully saturated rings. The van der Waals surface area contributed by atoms with Crippen molar-refractivity contribution in [1.29, 1.82) is 0 Å². The topological polar surface area (TPSA) is 78.7 Å². The predicted molar refractivity (Wildman–Crippen MR) is 92.9 cm³/mol. The molecule has 0 heterocycles. The highest BCUT2D eigenvalue weighted by atomic mass is 79.9. The first-order valence-electron chi connectivity index (χ1n) is 6.89. The number of nitro groups is 1. The van der Waals surface area contributed by atoms with Crippen LogP contribution in [0.15, 0.2) is 47.1 Å². The summed E-state index contributed by atoms with van der Waals surface area (Å²) < 4.78 is 11.1. The molecule has 6 nitrogen and oxygen atoms in total. The van der Waals surface area contributed by atoms with Gasteiger partial charge in [-0.05, 0) is 52.7 Å². The minimum atomic E-state index is -0.563. The number of methoxy groups -OCH3 is 1. The smallest absolute Gasteiger partial charge is 0.343 e. The fourth-order valence-electron chi connectivity index (χ4n) is 2.01. The van der Waals surface area contributed by atoms with Gasteiger partial charge in [-0.25, -0.2) is 4.79 Å². The number of esters is 1. The van der Waals surface area contributed by atoms with E-state index in [1.807, 2.05) is 13.0 Å². The molecule has 0 radical (unpaired) electrons. The van der Waals surface area contributed by atoms with Crippen LogP contribution < -0.4 is 9.47 Å². The summed E-state index contributed by atoms with van der Waals surface area (Å²) in [6, 6.07) is 10.2. The number of hydrogen-bond donors (Lipinski definition) is 0. The Morgan fingerprint density at radius 3 is 2.67 bits per heavy atom. The van der Waals surface area contributed by atoms with Crippen molar-refractivity contribution in [2.24, 2.45) is 0 Å². The lowest BCUT2D eigenvalue weighted by Gasteiger charge is -2.12. The average molecular weight is 392 g/mol. The van der Waals surface area contributed by atoms with Crippen molar-refractivity contribution in [3.05, 3.63) is 73.9 Å². The first-order valence-corrected chi connectivity index (χ1v) is 7.68. The Labute approximate surface area is 147 Å². The number of ether oxygens (including phenoxy) is 2. The monoisotopic (exact) mass is 391 g/mol. The lowest BCUT2D eigenvalue weighted by atomic mass is 10.1. The van der Waals surface area contributed by atoms with Crippen LogP contribution in [0.5, 0.6) is 11.5 Å². The molecule has 0 saturated heterocycles. The molecule has 0 spiro atoms.